The molecule has 6 heteroatoms. The summed E-state index contributed by atoms with van der Waals surface area (Å²) in [5.74, 6) is 0. The monoisotopic (exact) mass is 353 g/mol. The molecular formula is C21H15N5O. The maximum Gasteiger partial charge on any atom is 0.269 e. The lowest BCUT2D eigenvalue weighted by Gasteiger charge is -2.10. The van der Waals surface area contributed by atoms with Gasteiger partial charge in [0.2, 0.25) is 0 Å². The summed E-state index contributed by atoms with van der Waals surface area (Å²) in [6, 6.07) is 16.0. The zero-order valence-electron chi connectivity index (χ0n) is 14.4. The van der Waals surface area contributed by atoms with Crippen molar-refractivity contribution in [3.8, 4) is 11.1 Å². The van der Waals surface area contributed by atoms with Gasteiger partial charge in [0.05, 0.1) is 36.3 Å². The molecule has 27 heavy (non-hydrogen) atoms. The first-order chi connectivity index (χ1) is 13.3. The Kier molecular flexibility index (Phi) is 3.53. The molecular weight excluding hydrogens is 338 g/mol. The summed E-state index contributed by atoms with van der Waals surface area (Å²) in [5, 5.41) is 0. The van der Waals surface area contributed by atoms with Crippen molar-refractivity contribution in [2.45, 2.75) is 6.54 Å². The third-order valence-corrected chi connectivity index (χ3v) is 4.63. The average molecular weight is 353 g/mol. The van der Waals surface area contributed by atoms with Gasteiger partial charge in [-0.3, -0.25) is 9.36 Å². The highest BCUT2D eigenvalue weighted by atomic mass is 16.1. The standard InChI is InChI=1S/C21H15N5O/c27-20-11-24-21-19(5-2-8-23-21)26(20)12-15-3-1-4-16(9-15)17-6-7-18-10-22-14-25(18)13-17/h1-11,13-14H,12H2. The van der Waals surface area contributed by atoms with Gasteiger partial charge >= 0.3 is 0 Å². The van der Waals surface area contributed by atoms with Crippen LogP contribution in [0.15, 0.2) is 84.4 Å². The van der Waals surface area contributed by atoms with E-state index in [9.17, 15) is 4.79 Å². The van der Waals surface area contributed by atoms with Crippen molar-refractivity contribution in [3.63, 3.8) is 0 Å². The zero-order chi connectivity index (χ0) is 18.2. The van der Waals surface area contributed by atoms with Gasteiger partial charge in [-0.2, -0.15) is 0 Å². The number of hydrogen-bond donors (Lipinski definition) is 0. The molecule has 0 radical (unpaired) electrons. The van der Waals surface area contributed by atoms with Crippen molar-refractivity contribution in [1.29, 1.82) is 0 Å². The first-order valence-electron chi connectivity index (χ1n) is 8.59. The molecule has 6 nitrogen and oxygen atoms in total. The minimum absolute atomic E-state index is 0.138. The molecule has 5 aromatic rings. The third kappa shape index (κ3) is 2.77. The van der Waals surface area contributed by atoms with Gasteiger partial charge in [-0.25, -0.2) is 15.0 Å². The summed E-state index contributed by atoms with van der Waals surface area (Å²) >= 11 is 0. The minimum Gasteiger partial charge on any atom is -0.306 e. The predicted octanol–water partition coefficient (Wildman–Crippen LogP) is 3.15. The zero-order valence-corrected chi connectivity index (χ0v) is 14.4. The molecule has 0 aliphatic rings. The lowest BCUT2D eigenvalue weighted by molar-refractivity contribution is 0.784. The van der Waals surface area contributed by atoms with E-state index in [0.717, 1.165) is 27.7 Å². The highest BCUT2D eigenvalue weighted by Crippen LogP contribution is 2.22. The number of imidazole rings is 1. The molecule has 0 fully saturated rings. The van der Waals surface area contributed by atoms with Gasteiger partial charge in [0.1, 0.15) is 0 Å². The van der Waals surface area contributed by atoms with Gasteiger partial charge in [0.25, 0.3) is 5.56 Å². The van der Waals surface area contributed by atoms with Crippen LogP contribution in [0.1, 0.15) is 5.56 Å². The number of aromatic nitrogens is 5. The summed E-state index contributed by atoms with van der Waals surface area (Å²) in [5.41, 5.74) is 5.44. The molecule has 0 atom stereocenters. The van der Waals surface area contributed by atoms with E-state index in [-0.39, 0.29) is 5.56 Å². The second kappa shape index (κ2) is 6.17. The van der Waals surface area contributed by atoms with E-state index in [2.05, 4.69) is 39.3 Å². The van der Waals surface area contributed by atoms with Gasteiger partial charge in [-0.1, -0.05) is 24.3 Å². The molecule has 130 valence electrons. The summed E-state index contributed by atoms with van der Waals surface area (Å²) in [7, 11) is 0. The Morgan fingerprint density at radius 2 is 1.89 bits per heavy atom. The quantitative estimate of drug-likeness (QED) is 0.500. The fraction of sp³-hybridized carbons (Fsp3) is 0.0476. The summed E-state index contributed by atoms with van der Waals surface area (Å²) in [6.07, 6.45) is 8.68. The molecule has 5 rings (SSSR count). The molecule has 0 aliphatic heterocycles. The third-order valence-electron chi connectivity index (χ3n) is 4.63. The molecule has 4 heterocycles. The normalized spacial score (nSPS) is 11.3. The number of pyridine rings is 2. The largest absolute Gasteiger partial charge is 0.306 e. The Morgan fingerprint density at radius 3 is 2.85 bits per heavy atom. The van der Waals surface area contributed by atoms with Crippen molar-refractivity contribution < 1.29 is 0 Å². The van der Waals surface area contributed by atoms with E-state index in [0.29, 0.717) is 12.2 Å². The minimum atomic E-state index is -0.138. The average Bonchev–Trinajstić information content (AvgIpc) is 3.18. The smallest absolute Gasteiger partial charge is 0.269 e. The van der Waals surface area contributed by atoms with Crippen LogP contribution in [0.4, 0.5) is 0 Å². The maximum atomic E-state index is 12.4. The van der Waals surface area contributed by atoms with Gasteiger partial charge in [-0.15, -0.1) is 0 Å². The molecule has 0 N–H and O–H groups in total. The predicted molar refractivity (Wildman–Crippen MR) is 104 cm³/mol. The first kappa shape index (κ1) is 15.5. The Labute approximate surface area is 154 Å². The second-order valence-corrected chi connectivity index (χ2v) is 6.37. The molecule has 0 spiro atoms. The van der Waals surface area contributed by atoms with Crippen LogP contribution < -0.4 is 5.56 Å². The van der Waals surface area contributed by atoms with Crippen LogP contribution in [0.3, 0.4) is 0 Å². The Hall–Kier alpha value is -3.80. The molecule has 4 aromatic heterocycles. The number of rotatable bonds is 3. The van der Waals surface area contributed by atoms with E-state index in [1.54, 1.807) is 17.1 Å². The molecule has 0 bridgehead atoms. The van der Waals surface area contributed by atoms with Gasteiger partial charge < -0.3 is 4.40 Å². The molecule has 0 saturated carbocycles. The van der Waals surface area contributed by atoms with E-state index in [4.69, 9.17) is 0 Å². The fourth-order valence-corrected chi connectivity index (χ4v) is 3.29. The fourth-order valence-electron chi connectivity index (χ4n) is 3.29. The highest BCUT2D eigenvalue weighted by Gasteiger charge is 2.07. The van der Waals surface area contributed by atoms with Gasteiger partial charge in [0, 0.05) is 12.4 Å². The number of nitrogens with zero attached hydrogens (tertiary/aromatic N) is 5. The van der Waals surface area contributed by atoms with Crippen molar-refractivity contribution >= 4 is 16.7 Å². The Bertz CT molecular complexity index is 1340. The Morgan fingerprint density at radius 1 is 0.926 bits per heavy atom. The summed E-state index contributed by atoms with van der Waals surface area (Å²) in [6.45, 7) is 0.463. The Balaban J connectivity index is 1.57. The van der Waals surface area contributed by atoms with Crippen molar-refractivity contribution in [2.75, 3.05) is 0 Å². The van der Waals surface area contributed by atoms with Crippen molar-refractivity contribution in [1.82, 2.24) is 23.9 Å². The van der Waals surface area contributed by atoms with Crippen LogP contribution in [0, 0.1) is 0 Å². The molecule has 0 unspecified atom stereocenters. The van der Waals surface area contributed by atoms with Gasteiger partial charge in [-0.05, 0) is 41.0 Å². The molecule has 0 saturated heterocycles. The van der Waals surface area contributed by atoms with Crippen LogP contribution >= 0.6 is 0 Å². The van der Waals surface area contributed by atoms with Crippen LogP contribution in [0.25, 0.3) is 27.8 Å². The van der Waals surface area contributed by atoms with Crippen LogP contribution in [0.2, 0.25) is 0 Å². The summed E-state index contributed by atoms with van der Waals surface area (Å²) in [4.78, 5) is 24.9. The highest BCUT2D eigenvalue weighted by molar-refractivity contribution is 5.70. The molecule has 0 amide bonds. The topological polar surface area (TPSA) is 65.1 Å². The summed E-state index contributed by atoms with van der Waals surface area (Å²) < 4.78 is 3.70. The van der Waals surface area contributed by atoms with E-state index < -0.39 is 0 Å². The SMILES string of the molecule is O=c1cnc2ncccc2n1Cc1cccc(-c2ccc3cncn3c2)c1. The van der Waals surface area contributed by atoms with Crippen LogP contribution in [-0.2, 0) is 6.54 Å². The number of benzene rings is 1. The van der Waals surface area contributed by atoms with E-state index >= 15 is 0 Å². The van der Waals surface area contributed by atoms with Crippen molar-refractivity contribution in [2.24, 2.45) is 0 Å². The molecule has 0 aliphatic carbocycles. The maximum absolute atomic E-state index is 12.4. The lowest BCUT2D eigenvalue weighted by atomic mass is 10.0. The van der Waals surface area contributed by atoms with Crippen LogP contribution in [-0.4, -0.2) is 23.9 Å². The van der Waals surface area contributed by atoms with E-state index in [1.165, 1.54) is 6.20 Å². The second-order valence-electron chi connectivity index (χ2n) is 6.37. The number of fused-ring (bicyclic) bond motifs is 2. The van der Waals surface area contributed by atoms with E-state index in [1.807, 2.05) is 40.9 Å². The van der Waals surface area contributed by atoms with Crippen molar-refractivity contribution in [3.05, 3.63) is 95.6 Å². The lowest BCUT2D eigenvalue weighted by Crippen LogP contribution is -2.21. The first-order valence-corrected chi connectivity index (χ1v) is 8.59. The van der Waals surface area contributed by atoms with Crippen LogP contribution in [0.5, 0.6) is 0 Å². The number of hydrogen-bond acceptors (Lipinski definition) is 4. The van der Waals surface area contributed by atoms with Gasteiger partial charge in [0.15, 0.2) is 5.65 Å². The molecule has 1 aromatic carbocycles.